The lowest BCUT2D eigenvalue weighted by atomic mass is 9.98. The van der Waals surface area contributed by atoms with Crippen LogP contribution in [-0.4, -0.2) is 21.9 Å². The van der Waals surface area contributed by atoms with E-state index in [9.17, 15) is 4.79 Å². The number of carbonyl (C=O) groups excluding carboxylic acids is 1. The predicted molar refractivity (Wildman–Crippen MR) is 95.8 cm³/mol. The minimum atomic E-state index is -0.125. The maximum atomic E-state index is 12.3. The summed E-state index contributed by atoms with van der Waals surface area (Å²) in [7, 11) is 0. The lowest BCUT2D eigenvalue weighted by Crippen LogP contribution is -2.26. The Balaban J connectivity index is 1.90. The van der Waals surface area contributed by atoms with Gasteiger partial charge in [0.25, 0.3) is 5.91 Å². The minimum absolute atomic E-state index is 0.125. The molecule has 2 aromatic rings. The van der Waals surface area contributed by atoms with Crippen LogP contribution in [0.2, 0.25) is 0 Å². The first-order chi connectivity index (χ1) is 11.4. The fourth-order valence-corrected chi connectivity index (χ4v) is 2.71. The Morgan fingerprint density at radius 3 is 2.62 bits per heavy atom. The van der Waals surface area contributed by atoms with Crippen molar-refractivity contribution in [2.24, 2.45) is 0 Å². The molecule has 1 aliphatic rings. The molecule has 1 amide bonds. The Labute approximate surface area is 142 Å². The van der Waals surface area contributed by atoms with Gasteiger partial charge in [0.05, 0.1) is 0 Å². The van der Waals surface area contributed by atoms with Crippen molar-refractivity contribution in [3.05, 3.63) is 46.9 Å². The average molecular weight is 324 g/mol. The lowest BCUT2D eigenvalue weighted by molar-refractivity contribution is 0.0945. The SMILES string of the molecule is Cc1nc(Nc2c(C)cccc2C(C)C)cc(C(=O)NC2CC2)n1. The fourth-order valence-electron chi connectivity index (χ4n) is 2.71. The highest BCUT2D eigenvalue weighted by Gasteiger charge is 2.24. The molecular formula is C19H24N4O. The zero-order valence-electron chi connectivity index (χ0n) is 14.7. The Morgan fingerprint density at radius 1 is 1.21 bits per heavy atom. The number of aromatic nitrogens is 2. The highest BCUT2D eigenvalue weighted by atomic mass is 16.2. The van der Waals surface area contributed by atoms with E-state index in [1.807, 2.05) is 0 Å². The standard InChI is InChI=1S/C19H24N4O/c1-11(2)15-7-5-6-12(3)18(15)23-17-10-16(20-13(4)21-17)19(24)22-14-8-9-14/h5-7,10-11,14H,8-9H2,1-4H3,(H,22,24)(H,20,21,23). The van der Waals surface area contributed by atoms with Crippen molar-refractivity contribution in [1.82, 2.24) is 15.3 Å². The highest BCUT2D eigenvalue weighted by Crippen LogP contribution is 2.30. The smallest absolute Gasteiger partial charge is 0.270 e. The van der Waals surface area contributed by atoms with E-state index in [4.69, 9.17) is 0 Å². The third-order valence-electron chi connectivity index (χ3n) is 4.16. The molecule has 2 N–H and O–H groups in total. The van der Waals surface area contributed by atoms with Crippen molar-refractivity contribution in [2.75, 3.05) is 5.32 Å². The molecule has 0 radical (unpaired) electrons. The number of hydrogen-bond acceptors (Lipinski definition) is 4. The van der Waals surface area contributed by atoms with Gasteiger partial charge in [0.15, 0.2) is 0 Å². The van der Waals surface area contributed by atoms with Crippen LogP contribution in [0.1, 0.15) is 60.0 Å². The van der Waals surface area contributed by atoms with Crippen molar-refractivity contribution < 1.29 is 4.79 Å². The van der Waals surface area contributed by atoms with Crippen LogP contribution in [0.4, 0.5) is 11.5 Å². The van der Waals surface area contributed by atoms with Gasteiger partial charge in [-0.3, -0.25) is 4.79 Å². The molecule has 1 aromatic heterocycles. The summed E-state index contributed by atoms with van der Waals surface area (Å²) in [6.07, 6.45) is 2.11. The number of rotatable bonds is 5. The number of anilines is 2. The van der Waals surface area contributed by atoms with Crippen LogP contribution in [0.5, 0.6) is 0 Å². The number of hydrogen-bond donors (Lipinski definition) is 2. The second-order valence-corrected chi connectivity index (χ2v) is 6.75. The van der Waals surface area contributed by atoms with E-state index in [1.54, 1.807) is 13.0 Å². The van der Waals surface area contributed by atoms with Gasteiger partial charge >= 0.3 is 0 Å². The van der Waals surface area contributed by atoms with Gasteiger partial charge < -0.3 is 10.6 Å². The van der Waals surface area contributed by atoms with Crippen molar-refractivity contribution >= 4 is 17.4 Å². The maximum absolute atomic E-state index is 12.3. The van der Waals surface area contributed by atoms with E-state index in [-0.39, 0.29) is 5.91 Å². The molecule has 5 heteroatoms. The van der Waals surface area contributed by atoms with Gasteiger partial charge in [-0.2, -0.15) is 0 Å². The molecule has 1 aromatic carbocycles. The van der Waals surface area contributed by atoms with Gasteiger partial charge in [-0.25, -0.2) is 9.97 Å². The maximum Gasteiger partial charge on any atom is 0.270 e. The highest BCUT2D eigenvalue weighted by molar-refractivity contribution is 5.93. The molecule has 0 spiro atoms. The van der Waals surface area contributed by atoms with Crippen LogP contribution in [0.25, 0.3) is 0 Å². The number of benzene rings is 1. The van der Waals surface area contributed by atoms with Crippen molar-refractivity contribution in [3.63, 3.8) is 0 Å². The van der Waals surface area contributed by atoms with Crippen LogP contribution in [0.3, 0.4) is 0 Å². The summed E-state index contributed by atoms with van der Waals surface area (Å²) in [5.41, 5.74) is 3.85. The number of carbonyl (C=O) groups is 1. The summed E-state index contributed by atoms with van der Waals surface area (Å²) in [6, 6.07) is 8.29. The lowest BCUT2D eigenvalue weighted by Gasteiger charge is -2.17. The summed E-state index contributed by atoms with van der Waals surface area (Å²) in [5.74, 6) is 1.51. The van der Waals surface area contributed by atoms with E-state index in [0.717, 1.165) is 24.1 Å². The second kappa shape index (κ2) is 6.59. The quantitative estimate of drug-likeness (QED) is 0.876. The normalized spacial score (nSPS) is 13.9. The summed E-state index contributed by atoms with van der Waals surface area (Å²) >= 11 is 0. The van der Waals surface area contributed by atoms with Crippen molar-refractivity contribution in [3.8, 4) is 0 Å². The molecule has 1 fully saturated rings. The predicted octanol–water partition coefficient (Wildman–Crippen LogP) is 3.85. The molecular weight excluding hydrogens is 300 g/mol. The molecule has 0 saturated heterocycles. The molecule has 0 bridgehead atoms. The Kier molecular flexibility index (Phi) is 4.51. The first kappa shape index (κ1) is 16.4. The van der Waals surface area contributed by atoms with Crippen LogP contribution in [0.15, 0.2) is 24.3 Å². The second-order valence-electron chi connectivity index (χ2n) is 6.75. The molecule has 1 saturated carbocycles. The largest absolute Gasteiger partial charge is 0.348 e. The molecule has 1 heterocycles. The van der Waals surface area contributed by atoms with Gasteiger partial charge in [0, 0.05) is 17.8 Å². The Bertz CT molecular complexity index is 766. The minimum Gasteiger partial charge on any atom is -0.348 e. The van der Waals surface area contributed by atoms with Crippen LogP contribution in [-0.2, 0) is 0 Å². The summed E-state index contributed by atoms with van der Waals surface area (Å²) < 4.78 is 0. The number of aryl methyl sites for hydroxylation is 2. The number of para-hydroxylation sites is 1. The monoisotopic (exact) mass is 324 g/mol. The van der Waals surface area contributed by atoms with Crippen LogP contribution >= 0.6 is 0 Å². The molecule has 1 aliphatic carbocycles. The number of nitrogens with zero attached hydrogens (tertiary/aromatic N) is 2. The van der Waals surface area contributed by atoms with Crippen LogP contribution < -0.4 is 10.6 Å². The summed E-state index contributed by atoms with van der Waals surface area (Å²) in [4.78, 5) is 21.0. The van der Waals surface area contributed by atoms with Crippen LogP contribution in [0, 0.1) is 13.8 Å². The van der Waals surface area contributed by atoms with E-state index in [1.165, 1.54) is 5.56 Å². The average Bonchev–Trinajstić information content (AvgIpc) is 3.32. The van der Waals surface area contributed by atoms with Gasteiger partial charge in [-0.1, -0.05) is 32.0 Å². The molecule has 0 unspecified atom stereocenters. The first-order valence-corrected chi connectivity index (χ1v) is 8.47. The number of nitrogens with one attached hydrogen (secondary N) is 2. The molecule has 3 rings (SSSR count). The number of amides is 1. The van der Waals surface area contributed by atoms with E-state index in [0.29, 0.717) is 29.3 Å². The molecule has 0 aliphatic heterocycles. The van der Waals surface area contributed by atoms with E-state index < -0.39 is 0 Å². The Hall–Kier alpha value is -2.43. The Morgan fingerprint density at radius 2 is 1.96 bits per heavy atom. The van der Waals surface area contributed by atoms with E-state index in [2.05, 4.69) is 59.6 Å². The van der Waals surface area contributed by atoms with Gasteiger partial charge in [-0.05, 0) is 43.7 Å². The molecule has 126 valence electrons. The van der Waals surface area contributed by atoms with E-state index >= 15 is 0 Å². The van der Waals surface area contributed by atoms with Gasteiger partial charge in [-0.15, -0.1) is 0 Å². The zero-order chi connectivity index (χ0) is 17.3. The van der Waals surface area contributed by atoms with Crippen molar-refractivity contribution in [2.45, 2.75) is 52.5 Å². The van der Waals surface area contributed by atoms with Gasteiger partial charge in [0.1, 0.15) is 17.3 Å². The third kappa shape index (κ3) is 3.72. The zero-order valence-corrected chi connectivity index (χ0v) is 14.7. The fraction of sp³-hybridized carbons (Fsp3) is 0.421. The molecule has 0 atom stereocenters. The molecule has 24 heavy (non-hydrogen) atoms. The molecule has 5 nitrogen and oxygen atoms in total. The summed E-state index contributed by atoms with van der Waals surface area (Å²) in [6.45, 7) is 8.21. The van der Waals surface area contributed by atoms with Crippen molar-refractivity contribution in [1.29, 1.82) is 0 Å². The third-order valence-corrected chi connectivity index (χ3v) is 4.16. The summed E-state index contributed by atoms with van der Waals surface area (Å²) in [5, 5.41) is 6.37. The van der Waals surface area contributed by atoms with Gasteiger partial charge in [0.2, 0.25) is 0 Å². The first-order valence-electron chi connectivity index (χ1n) is 8.47. The topological polar surface area (TPSA) is 66.9 Å².